The van der Waals surface area contributed by atoms with Crippen molar-refractivity contribution in [1.82, 2.24) is 4.90 Å². The fourth-order valence-corrected chi connectivity index (χ4v) is 3.87. The highest BCUT2D eigenvalue weighted by atomic mass is 16.5. The van der Waals surface area contributed by atoms with Gasteiger partial charge in [-0.05, 0) is 46.2 Å². The van der Waals surface area contributed by atoms with Crippen LogP contribution in [-0.4, -0.2) is 55.2 Å². The molecule has 7 nitrogen and oxygen atoms in total. The van der Waals surface area contributed by atoms with Gasteiger partial charge < -0.3 is 19.5 Å². The molecule has 0 aliphatic carbocycles. The van der Waals surface area contributed by atoms with Gasteiger partial charge in [-0.3, -0.25) is 14.5 Å². The second-order valence-electron chi connectivity index (χ2n) is 7.30. The SMILES string of the molecule is CCOC(=O)[C@@H]1CCCCN1CC(=O)Nc1cc2c(cc1OCC)C[C@H](C)O2. The number of benzene rings is 1. The number of carbonyl (C=O) groups excluding carboxylic acids is 2. The molecule has 2 heterocycles. The Morgan fingerprint density at radius 3 is 2.82 bits per heavy atom. The molecular formula is C21H30N2O5. The van der Waals surface area contributed by atoms with Gasteiger partial charge in [-0.2, -0.15) is 0 Å². The Morgan fingerprint density at radius 2 is 2.07 bits per heavy atom. The van der Waals surface area contributed by atoms with Gasteiger partial charge in [-0.1, -0.05) is 6.42 Å². The molecular weight excluding hydrogens is 360 g/mol. The molecule has 2 aliphatic heterocycles. The lowest BCUT2D eigenvalue weighted by molar-refractivity contribution is -0.151. The van der Waals surface area contributed by atoms with Crippen molar-refractivity contribution < 1.29 is 23.8 Å². The normalized spacial score (nSPS) is 21.5. The number of anilines is 1. The lowest BCUT2D eigenvalue weighted by Gasteiger charge is -2.33. The maximum Gasteiger partial charge on any atom is 0.323 e. The van der Waals surface area contributed by atoms with Crippen LogP contribution in [0.5, 0.6) is 11.5 Å². The topological polar surface area (TPSA) is 77.1 Å². The Labute approximate surface area is 166 Å². The molecule has 28 heavy (non-hydrogen) atoms. The Kier molecular flexibility index (Phi) is 6.78. The number of hydrogen-bond acceptors (Lipinski definition) is 6. The fraction of sp³-hybridized carbons (Fsp3) is 0.619. The number of likely N-dealkylation sites (tertiary alicyclic amines) is 1. The van der Waals surface area contributed by atoms with E-state index < -0.39 is 0 Å². The zero-order chi connectivity index (χ0) is 20.1. The smallest absolute Gasteiger partial charge is 0.323 e. The van der Waals surface area contributed by atoms with Crippen molar-refractivity contribution in [2.24, 2.45) is 0 Å². The number of nitrogens with zero attached hydrogens (tertiary/aromatic N) is 1. The van der Waals surface area contributed by atoms with Crippen molar-refractivity contribution in [1.29, 1.82) is 0 Å². The van der Waals surface area contributed by atoms with Gasteiger partial charge in [0.15, 0.2) is 0 Å². The number of piperidine rings is 1. The number of fused-ring (bicyclic) bond motifs is 1. The molecule has 0 radical (unpaired) electrons. The highest BCUT2D eigenvalue weighted by Gasteiger charge is 2.31. The summed E-state index contributed by atoms with van der Waals surface area (Å²) in [4.78, 5) is 26.8. The molecule has 1 fully saturated rings. The van der Waals surface area contributed by atoms with Gasteiger partial charge in [0.1, 0.15) is 23.6 Å². The first-order chi connectivity index (χ1) is 13.5. The first-order valence-electron chi connectivity index (χ1n) is 10.2. The molecule has 1 aromatic rings. The number of esters is 1. The first kappa shape index (κ1) is 20.5. The number of amides is 1. The van der Waals surface area contributed by atoms with Crippen molar-refractivity contribution >= 4 is 17.6 Å². The molecule has 0 bridgehead atoms. The van der Waals surface area contributed by atoms with Gasteiger partial charge in [0.2, 0.25) is 5.91 Å². The van der Waals surface area contributed by atoms with E-state index in [9.17, 15) is 9.59 Å². The van der Waals surface area contributed by atoms with E-state index in [0.29, 0.717) is 31.2 Å². The van der Waals surface area contributed by atoms with Crippen LogP contribution in [0.15, 0.2) is 12.1 Å². The molecule has 1 N–H and O–H groups in total. The number of nitrogens with one attached hydrogen (secondary N) is 1. The Morgan fingerprint density at radius 1 is 1.25 bits per heavy atom. The molecule has 154 valence electrons. The van der Waals surface area contributed by atoms with Gasteiger partial charge >= 0.3 is 5.97 Å². The summed E-state index contributed by atoms with van der Waals surface area (Å²) in [5, 5.41) is 2.94. The molecule has 2 aliphatic rings. The van der Waals surface area contributed by atoms with Crippen molar-refractivity contribution in [3.05, 3.63) is 17.7 Å². The summed E-state index contributed by atoms with van der Waals surface area (Å²) in [6, 6.07) is 3.43. The van der Waals surface area contributed by atoms with Crippen molar-refractivity contribution in [3.8, 4) is 11.5 Å². The zero-order valence-corrected chi connectivity index (χ0v) is 17.0. The molecule has 2 atom stereocenters. The van der Waals surface area contributed by atoms with E-state index in [1.165, 1.54) is 0 Å². The maximum atomic E-state index is 12.7. The van der Waals surface area contributed by atoms with Crippen molar-refractivity contribution in [3.63, 3.8) is 0 Å². The third kappa shape index (κ3) is 4.76. The minimum atomic E-state index is -0.352. The van der Waals surface area contributed by atoms with Gasteiger partial charge in [0.05, 0.1) is 25.4 Å². The standard InChI is InChI=1S/C21H30N2O5/c1-4-26-19-11-15-10-14(3)28-18(15)12-16(19)22-20(24)13-23-9-7-6-8-17(23)21(25)27-5-2/h11-12,14,17H,4-10,13H2,1-3H3,(H,22,24)/t14-,17-/m0/s1. The van der Waals surface area contributed by atoms with Gasteiger partial charge in [0.25, 0.3) is 0 Å². The highest BCUT2D eigenvalue weighted by molar-refractivity contribution is 5.94. The van der Waals surface area contributed by atoms with E-state index in [4.69, 9.17) is 14.2 Å². The fourth-order valence-electron chi connectivity index (χ4n) is 3.87. The van der Waals surface area contributed by atoms with Crippen LogP contribution in [0, 0.1) is 0 Å². The predicted molar refractivity (Wildman–Crippen MR) is 106 cm³/mol. The summed E-state index contributed by atoms with van der Waals surface area (Å²) in [5.41, 5.74) is 1.69. The number of rotatable bonds is 7. The average molecular weight is 390 g/mol. The molecule has 1 amide bonds. The third-order valence-electron chi connectivity index (χ3n) is 5.09. The van der Waals surface area contributed by atoms with E-state index >= 15 is 0 Å². The third-order valence-corrected chi connectivity index (χ3v) is 5.09. The first-order valence-corrected chi connectivity index (χ1v) is 10.2. The Bertz CT molecular complexity index is 721. The van der Waals surface area contributed by atoms with Crippen LogP contribution in [0.3, 0.4) is 0 Å². The molecule has 0 saturated carbocycles. The van der Waals surface area contributed by atoms with Crippen LogP contribution < -0.4 is 14.8 Å². The monoisotopic (exact) mass is 390 g/mol. The summed E-state index contributed by atoms with van der Waals surface area (Å²) < 4.78 is 16.7. The predicted octanol–water partition coefficient (Wildman–Crippen LogP) is 2.76. The molecule has 0 spiro atoms. The lowest BCUT2D eigenvalue weighted by atomic mass is 10.0. The largest absolute Gasteiger partial charge is 0.492 e. The van der Waals surface area contributed by atoms with Gasteiger partial charge in [0, 0.05) is 18.1 Å². The minimum Gasteiger partial charge on any atom is -0.492 e. The molecule has 3 rings (SSSR count). The second kappa shape index (κ2) is 9.28. The van der Waals surface area contributed by atoms with E-state index in [2.05, 4.69) is 5.32 Å². The van der Waals surface area contributed by atoms with Crippen LogP contribution >= 0.6 is 0 Å². The number of carbonyl (C=O) groups is 2. The summed E-state index contributed by atoms with van der Waals surface area (Å²) in [5.74, 6) is 1.01. The van der Waals surface area contributed by atoms with Crippen LogP contribution in [0.1, 0.15) is 45.6 Å². The van der Waals surface area contributed by atoms with Crippen LogP contribution in [-0.2, 0) is 20.7 Å². The van der Waals surface area contributed by atoms with E-state index in [0.717, 1.165) is 37.0 Å². The van der Waals surface area contributed by atoms with Gasteiger partial charge in [-0.25, -0.2) is 0 Å². The van der Waals surface area contributed by atoms with Crippen LogP contribution in [0.2, 0.25) is 0 Å². The summed E-state index contributed by atoms with van der Waals surface area (Å²) >= 11 is 0. The average Bonchev–Trinajstić information content (AvgIpc) is 3.01. The molecule has 1 aromatic carbocycles. The Hall–Kier alpha value is -2.28. The molecule has 7 heteroatoms. The Balaban J connectivity index is 1.70. The summed E-state index contributed by atoms with van der Waals surface area (Å²) in [6.45, 7) is 7.43. The van der Waals surface area contributed by atoms with Crippen LogP contribution in [0.25, 0.3) is 0 Å². The van der Waals surface area contributed by atoms with Crippen LogP contribution in [0.4, 0.5) is 5.69 Å². The van der Waals surface area contributed by atoms with E-state index in [1.807, 2.05) is 30.9 Å². The van der Waals surface area contributed by atoms with Crippen molar-refractivity contribution in [2.75, 3.05) is 31.6 Å². The van der Waals surface area contributed by atoms with Crippen molar-refractivity contribution in [2.45, 2.75) is 58.6 Å². The van der Waals surface area contributed by atoms with Gasteiger partial charge in [-0.15, -0.1) is 0 Å². The van der Waals surface area contributed by atoms with E-state index in [-0.39, 0.29) is 30.6 Å². The van der Waals surface area contributed by atoms with E-state index in [1.54, 1.807) is 6.92 Å². The second-order valence-corrected chi connectivity index (χ2v) is 7.30. The summed E-state index contributed by atoms with van der Waals surface area (Å²) in [7, 11) is 0. The highest BCUT2D eigenvalue weighted by Crippen LogP contribution is 2.38. The minimum absolute atomic E-state index is 0.120. The quantitative estimate of drug-likeness (QED) is 0.722. The molecule has 1 saturated heterocycles. The maximum absolute atomic E-state index is 12.7. The number of hydrogen-bond donors (Lipinski definition) is 1. The zero-order valence-electron chi connectivity index (χ0n) is 17.0. The molecule has 0 aromatic heterocycles. The molecule has 0 unspecified atom stereocenters. The number of ether oxygens (including phenoxy) is 3. The summed E-state index contributed by atoms with van der Waals surface area (Å²) in [6.07, 6.45) is 3.61. The lowest BCUT2D eigenvalue weighted by Crippen LogP contribution is -2.48.